The number of rotatable bonds is 3. The van der Waals surface area contributed by atoms with Crippen LogP contribution in [0.15, 0.2) is 53.5 Å². The molecule has 1 N–H and O–H groups in total. The molecule has 0 fully saturated rings. The predicted octanol–water partition coefficient (Wildman–Crippen LogP) is 3.52. The van der Waals surface area contributed by atoms with Crippen LogP contribution in [-0.2, 0) is 4.79 Å². The first-order valence-electron chi connectivity index (χ1n) is 7.35. The molecule has 0 aliphatic carbocycles. The lowest BCUT2D eigenvalue weighted by Gasteiger charge is -2.18. The third-order valence-corrected chi connectivity index (χ3v) is 3.52. The third-order valence-electron chi connectivity index (χ3n) is 3.52. The number of phenolic OH excluding ortho intramolecular Hbond substituents is 1. The molecule has 0 radical (unpaired) electrons. The first kappa shape index (κ1) is 14.3. The highest BCUT2D eigenvalue weighted by atomic mass is 16.3. The number of carbonyl (C=O) groups is 1. The van der Waals surface area contributed by atoms with Crippen LogP contribution in [0.5, 0.6) is 5.75 Å². The topological polar surface area (TPSA) is 52.9 Å². The molecular formula is C18H18N2O2. The normalized spacial score (nSPS) is 15.7. The molecule has 0 spiro atoms. The van der Waals surface area contributed by atoms with Crippen LogP contribution in [0.3, 0.4) is 0 Å². The van der Waals surface area contributed by atoms with Crippen LogP contribution in [0.1, 0.15) is 19.4 Å². The summed E-state index contributed by atoms with van der Waals surface area (Å²) in [5.74, 6) is 0.426. The monoisotopic (exact) mass is 294 g/mol. The Hall–Kier alpha value is -2.62. The van der Waals surface area contributed by atoms with Gasteiger partial charge in [0.05, 0.1) is 11.4 Å². The van der Waals surface area contributed by atoms with Gasteiger partial charge < -0.3 is 10.0 Å². The van der Waals surface area contributed by atoms with Crippen LogP contribution in [0, 0.1) is 5.92 Å². The number of fused-ring (bicyclic) bond motifs is 1. The van der Waals surface area contributed by atoms with Gasteiger partial charge in [-0.05, 0) is 24.1 Å². The average Bonchev–Trinajstić information content (AvgIpc) is 2.73. The van der Waals surface area contributed by atoms with Gasteiger partial charge >= 0.3 is 0 Å². The summed E-state index contributed by atoms with van der Waals surface area (Å²) in [6.45, 7) is 4.83. The largest absolute Gasteiger partial charge is 0.508 e. The summed E-state index contributed by atoms with van der Waals surface area (Å²) in [5, 5.41) is 9.55. The molecule has 0 atom stereocenters. The molecule has 112 valence electrons. The highest BCUT2D eigenvalue weighted by Gasteiger charge is 2.33. The fourth-order valence-corrected chi connectivity index (χ4v) is 2.61. The fraction of sp³-hybridized carbons (Fsp3) is 0.222. The van der Waals surface area contributed by atoms with Gasteiger partial charge in [-0.3, -0.25) is 4.79 Å². The molecule has 1 amide bonds. The summed E-state index contributed by atoms with van der Waals surface area (Å²) in [4.78, 5) is 19.0. The van der Waals surface area contributed by atoms with Crippen LogP contribution in [0.25, 0.3) is 0 Å². The van der Waals surface area contributed by atoms with Crippen molar-refractivity contribution in [2.45, 2.75) is 13.8 Å². The second kappa shape index (κ2) is 5.64. The maximum absolute atomic E-state index is 12.7. The van der Waals surface area contributed by atoms with Gasteiger partial charge in [-0.2, -0.15) is 0 Å². The fourth-order valence-electron chi connectivity index (χ4n) is 2.61. The molecular weight excluding hydrogens is 276 g/mol. The highest BCUT2D eigenvalue weighted by molar-refractivity contribution is 6.54. The van der Waals surface area contributed by atoms with E-state index in [2.05, 4.69) is 18.8 Å². The van der Waals surface area contributed by atoms with Crippen molar-refractivity contribution in [1.82, 2.24) is 0 Å². The number of hydrogen-bond acceptors (Lipinski definition) is 3. The Morgan fingerprint density at radius 1 is 1.14 bits per heavy atom. The van der Waals surface area contributed by atoms with Gasteiger partial charge in [0.2, 0.25) is 0 Å². The number of benzene rings is 2. The van der Waals surface area contributed by atoms with Crippen molar-refractivity contribution in [3.63, 3.8) is 0 Å². The number of phenols is 1. The SMILES string of the molecule is CC(C)CN1C(=O)C(=Nc2cccc(O)c2)c2ccccc21. The summed E-state index contributed by atoms with van der Waals surface area (Å²) >= 11 is 0. The highest BCUT2D eigenvalue weighted by Crippen LogP contribution is 2.31. The van der Waals surface area contributed by atoms with Gasteiger partial charge in [-0.15, -0.1) is 0 Å². The Labute approximate surface area is 129 Å². The predicted molar refractivity (Wildman–Crippen MR) is 87.9 cm³/mol. The number of nitrogens with zero attached hydrogens (tertiary/aromatic N) is 2. The number of aliphatic imine (C=N–C) groups is 1. The molecule has 2 aromatic rings. The minimum atomic E-state index is -0.0850. The van der Waals surface area contributed by atoms with Crippen LogP contribution in [0.4, 0.5) is 11.4 Å². The lowest BCUT2D eigenvalue weighted by Crippen LogP contribution is -2.33. The van der Waals surface area contributed by atoms with Gasteiger partial charge in [0.25, 0.3) is 5.91 Å². The minimum absolute atomic E-state index is 0.0850. The first-order valence-corrected chi connectivity index (χ1v) is 7.35. The maximum atomic E-state index is 12.7. The second-order valence-electron chi connectivity index (χ2n) is 5.81. The number of amides is 1. The number of para-hydroxylation sites is 1. The Kier molecular flexibility index (Phi) is 3.67. The summed E-state index contributed by atoms with van der Waals surface area (Å²) in [6, 6.07) is 14.3. The second-order valence-corrected chi connectivity index (χ2v) is 5.81. The first-order chi connectivity index (χ1) is 10.6. The Morgan fingerprint density at radius 2 is 1.91 bits per heavy atom. The average molecular weight is 294 g/mol. The van der Waals surface area contributed by atoms with E-state index in [1.54, 1.807) is 29.2 Å². The molecule has 1 aliphatic rings. The molecule has 3 rings (SSSR count). The van der Waals surface area contributed by atoms with Crippen molar-refractivity contribution >= 4 is 23.0 Å². The molecule has 0 saturated carbocycles. The number of aromatic hydroxyl groups is 1. The standard InChI is InChI=1S/C18H18N2O2/c1-12(2)11-20-16-9-4-3-8-15(16)17(18(20)22)19-13-6-5-7-14(21)10-13/h3-10,12,21H,11H2,1-2H3. The molecule has 4 heteroatoms. The summed E-state index contributed by atoms with van der Waals surface area (Å²) < 4.78 is 0. The zero-order valence-corrected chi connectivity index (χ0v) is 12.7. The van der Waals surface area contributed by atoms with E-state index in [0.29, 0.717) is 23.9 Å². The van der Waals surface area contributed by atoms with Crippen LogP contribution < -0.4 is 4.90 Å². The quantitative estimate of drug-likeness (QED) is 0.941. The molecule has 4 nitrogen and oxygen atoms in total. The number of anilines is 1. The summed E-state index contributed by atoms with van der Waals surface area (Å²) in [5.41, 5.74) is 2.75. The van der Waals surface area contributed by atoms with E-state index in [9.17, 15) is 9.90 Å². The van der Waals surface area contributed by atoms with Crippen molar-refractivity contribution in [2.75, 3.05) is 11.4 Å². The minimum Gasteiger partial charge on any atom is -0.508 e. The van der Waals surface area contributed by atoms with E-state index in [0.717, 1.165) is 11.3 Å². The van der Waals surface area contributed by atoms with Crippen LogP contribution in [-0.4, -0.2) is 23.3 Å². The van der Waals surface area contributed by atoms with E-state index < -0.39 is 0 Å². The van der Waals surface area contributed by atoms with Crippen LogP contribution >= 0.6 is 0 Å². The van der Waals surface area contributed by atoms with Gasteiger partial charge in [0.1, 0.15) is 11.5 Å². The van der Waals surface area contributed by atoms with Gasteiger partial charge in [0.15, 0.2) is 0 Å². The molecule has 0 bridgehead atoms. The van der Waals surface area contributed by atoms with Crippen LogP contribution in [0.2, 0.25) is 0 Å². The van der Waals surface area contributed by atoms with Gasteiger partial charge in [-0.25, -0.2) is 4.99 Å². The number of hydrogen-bond donors (Lipinski definition) is 1. The number of carbonyl (C=O) groups excluding carboxylic acids is 1. The van der Waals surface area contributed by atoms with Crippen molar-refractivity contribution in [2.24, 2.45) is 10.9 Å². The maximum Gasteiger partial charge on any atom is 0.277 e. The molecule has 0 saturated heterocycles. The molecule has 1 heterocycles. The van der Waals surface area contributed by atoms with E-state index in [-0.39, 0.29) is 11.7 Å². The third kappa shape index (κ3) is 2.60. The Bertz CT molecular complexity index is 750. The molecule has 0 unspecified atom stereocenters. The van der Waals surface area contributed by atoms with Crippen molar-refractivity contribution < 1.29 is 9.90 Å². The van der Waals surface area contributed by atoms with E-state index in [1.807, 2.05) is 24.3 Å². The van der Waals surface area contributed by atoms with E-state index in [4.69, 9.17) is 0 Å². The molecule has 0 aromatic heterocycles. The van der Waals surface area contributed by atoms with Gasteiger partial charge in [-0.1, -0.05) is 38.1 Å². The van der Waals surface area contributed by atoms with Crippen molar-refractivity contribution in [3.05, 3.63) is 54.1 Å². The van der Waals surface area contributed by atoms with Gasteiger partial charge in [0, 0.05) is 18.2 Å². The summed E-state index contributed by atoms with van der Waals surface area (Å²) in [7, 11) is 0. The summed E-state index contributed by atoms with van der Waals surface area (Å²) in [6.07, 6.45) is 0. The zero-order valence-electron chi connectivity index (χ0n) is 12.7. The smallest absolute Gasteiger partial charge is 0.277 e. The van der Waals surface area contributed by atoms with Crippen molar-refractivity contribution in [3.8, 4) is 5.75 Å². The van der Waals surface area contributed by atoms with E-state index >= 15 is 0 Å². The Balaban J connectivity index is 2.07. The zero-order chi connectivity index (χ0) is 15.7. The van der Waals surface area contributed by atoms with Crippen molar-refractivity contribution in [1.29, 1.82) is 0 Å². The molecule has 1 aliphatic heterocycles. The molecule has 2 aromatic carbocycles. The lowest BCUT2D eigenvalue weighted by atomic mass is 10.1. The Morgan fingerprint density at radius 3 is 2.64 bits per heavy atom. The van der Waals surface area contributed by atoms with E-state index in [1.165, 1.54) is 0 Å². The lowest BCUT2D eigenvalue weighted by molar-refractivity contribution is -0.112. The molecule has 22 heavy (non-hydrogen) atoms.